The van der Waals surface area contributed by atoms with Crippen molar-refractivity contribution in [2.45, 2.75) is 134 Å². The van der Waals surface area contributed by atoms with Crippen LogP contribution in [0, 0.1) is 0 Å². The molecule has 0 saturated carbocycles. The minimum atomic E-state index is -4.50. The number of methoxy groups -OCH3 is 1. The van der Waals surface area contributed by atoms with Gasteiger partial charge in [-0.1, -0.05) is 117 Å². The summed E-state index contributed by atoms with van der Waals surface area (Å²) in [6.45, 7) is 4.18. The first-order valence-corrected chi connectivity index (χ1v) is 13.3. The molecule has 0 aromatic heterocycles. The van der Waals surface area contributed by atoms with E-state index in [1.54, 1.807) is 0 Å². The van der Waals surface area contributed by atoms with Gasteiger partial charge in [-0.05, 0) is 12.8 Å². The number of esters is 1. The van der Waals surface area contributed by atoms with Crippen LogP contribution in [0.1, 0.15) is 129 Å². The molecule has 1 atom stereocenters. The molecule has 1 N–H and O–H groups in total. The number of rotatable bonds is 20. The summed E-state index contributed by atoms with van der Waals surface area (Å²) in [6.07, 6.45) is 18.5. The molecule has 0 aliphatic rings. The maximum atomic E-state index is 12.2. The standard InChI is InChI=1S/C23H46O5S/c1-4-6-8-9-10-11-12-13-14-15-16-17-18-19-21-23(20-7-5-2,22(24)28-3)29(25,26)27/h4-21H2,1-3H3,(H,25,26,27). The maximum Gasteiger partial charge on any atom is 0.329 e. The molecule has 1 unspecified atom stereocenters. The molecular weight excluding hydrogens is 388 g/mol. The summed E-state index contributed by atoms with van der Waals surface area (Å²) in [5, 5.41) is 0. The van der Waals surface area contributed by atoms with E-state index in [2.05, 4.69) is 6.92 Å². The fourth-order valence-electron chi connectivity index (χ4n) is 3.95. The van der Waals surface area contributed by atoms with E-state index in [4.69, 9.17) is 4.74 Å². The molecule has 0 bridgehead atoms. The number of hydrogen-bond donors (Lipinski definition) is 1. The third kappa shape index (κ3) is 12.0. The van der Waals surface area contributed by atoms with Crippen LogP contribution in [0.5, 0.6) is 0 Å². The van der Waals surface area contributed by atoms with E-state index in [9.17, 15) is 17.8 Å². The highest BCUT2D eigenvalue weighted by Gasteiger charge is 2.50. The van der Waals surface area contributed by atoms with Crippen LogP contribution >= 0.6 is 0 Å². The third-order valence-electron chi connectivity index (χ3n) is 5.92. The van der Waals surface area contributed by atoms with Gasteiger partial charge in [0.2, 0.25) is 0 Å². The fourth-order valence-corrected chi connectivity index (χ4v) is 5.04. The zero-order valence-corrected chi connectivity index (χ0v) is 20.0. The third-order valence-corrected chi connectivity index (χ3v) is 7.48. The molecule has 174 valence electrons. The van der Waals surface area contributed by atoms with Crippen molar-refractivity contribution in [1.29, 1.82) is 0 Å². The highest BCUT2D eigenvalue weighted by atomic mass is 32.2. The molecule has 0 saturated heterocycles. The van der Waals surface area contributed by atoms with Gasteiger partial charge in [0.15, 0.2) is 4.75 Å². The average Bonchev–Trinajstić information content (AvgIpc) is 2.69. The van der Waals surface area contributed by atoms with Crippen molar-refractivity contribution in [1.82, 2.24) is 0 Å². The molecule has 0 spiro atoms. The van der Waals surface area contributed by atoms with Gasteiger partial charge in [-0.3, -0.25) is 9.35 Å². The Hall–Kier alpha value is -0.620. The Morgan fingerprint density at radius 2 is 1.03 bits per heavy atom. The predicted octanol–water partition coefficient (Wildman–Crippen LogP) is 6.85. The predicted molar refractivity (Wildman–Crippen MR) is 121 cm³/mol. The second kappa shape index (κ2) is 17.1. The van der Waals surface area contributed by atoms with E-state index in [1.165, 1.54) is 71.3 Å². The highest BCUT2D eigenvalue weighted by Crippen LogP contribution is 2.32. The molecule has 0 amide bonds. The summed E-state index contributed by atoms with van der Waals surface area (Å²) in [5.74, 6) is -0.830. The van der Waals surface area contributed by atoms with Gasteiger partial charge in [0.05, 0.1) is 7.11 Å². The minimum Gasteiger partial charge on any atom is -0.468 e. The van der Waals surface area contributed by atoms with Crippen LogP contribution in [-0.2, 0) is 19.6 Å². The van der Waals surface area contributed by atoms with Crippen LogP contribution in [-0.4, -0.2) is 30.8 Å². The second-order valence-electron chi connectivity index (χ2n) is 8.41. The molecule has 6 heteroatoms. The Kier molecular flexibility index (Phi) is 16.7. The topological polar surface area (TPSA) is 80.7 Å². The van der Waals surface area contributed by atoms with E-state index in [0.29, 0.717) is 12.8 Å². The summed E-state index contributed by atoms with van der Waals surface area (Å²) in [4.78, 5) is 12.2. The van der Waals surface area contributed by atoms with Gasteiger partial charge in [-0.25, -0.2) is 0 Å². The number of ether oxygens (including phenoxy) is 1. The largest absolute Gasteiger partial charge is 0.468 e. The zero-order chi connectivity index (χ0) is 22.0. The van der Waals surface area contributed by atoms with Crippen molar-refractivity contribution in [3.05, 3.63) is 0 Å². The summed E-state index contributed by atoms with van der Waals surface area (Å²) >= 11 is 0. The van der Waals surface area contributed by atoms with Crippen LogP contribution in [0.2, 0.25) is 0 Å². The number of carbonyl (C=O) groups is 1. The molecule has 29 heavy (non-hydrogen) atoms. The minimum absolute atomic E-state index is 0.119. The molecule has 5 nitrogen and oxygen atoms in total. The average molecular weight is 435 g/mol. The quantitative estimate of drug-likeness (QED) is 0.129. The van der Waals surface area contributed by atoms with Crippen LogP contribution < -0.4 is 0 Å². The van der Waals surface area contributed by atoms with Crippen molar-refractivity contribution in [3.63, 3.8) is 0 Å². The van der Waals surface area contributed by atoms with Gasteiger partial charge in [0.25, 0.3) is 10.1 Å². The van der Waals surface area contributed by atoms with Gasteiger partial charge in [0, 0.05) is 0 Å². The molecule has 0 heterocycles. The fraction of sp³-hybridized carbons (Fsp3) is 0.957. The lowest BCUT2D eigenvalue weighted by Gasteiger charge is -2.27. The number of unbranched alkanes of at least 4 members (excludes halogenated alkanes) is 14. The van der Waals surface area contributed by atoms with E-state index < -0.39 is 20.8 Å². The van der Waals surface area contributed by atoms with Crippen LogP contribution in [0.15, 0.2) is 0 Å². The van der Waals surface area contributed by atoms with E-state index in [1.807, 2.05) is 6.92 Å². The molecular formula is C23H46O5S. The first-order valence-electron chi connectivity index (χ1n) is 11.9. The lowest BCUT2D eigenvalue weighted by Crippen LogP contribution is -2.47. The van der Waals surface area contributed by atoms with Gasteiger partial charge >= 0.3 is 5.97 Å². The van der Waals surface area contributed by atoms with Crippen molar-refractivity contribution in [3.8, 4) is 0 Å². The first kappa shape index (κ1) is 28.4. The van der Waals surface area contributed by atoms with Gasteiger partial charge < -0.3 is 4.74 Å². The molecule has 0 aliphatic heterocycles. The lowest BCUT2D eigenvalue weighted by molar-refractivity contribution is -0.144. The second-order valence-corrected chi connectivity index (χ2v) is 10.1. The Balaban J connectivity index is 4.00. The summed E-state index contributed by atoms with van der Waals surface area (Å²) in [5.41, 5.74) is 0. The summed E-state index contributed by atoms with van der Waals surface area (Å²) < 4.78 is 36.6. The molecule has 0 aromatic carbocycles. The van der Waals surface area contributed by atoms with Crippen molar-refractivity contribution in [2.24, 2.45) is 0 Å². The number of hydrogen-bond acceptors (Lipinski definition) is 4. The van der Waals surface area contributed by atoms with Crippen molar-refractivity contribution < 1.29 is 22.5 Å². The molecule has 0 aliphatic carbocycles. The summed E-state index contributed by atoms with van der Waals surface area (Å²) in [6, 6.07) is 0. The van der Waals surface area contributed by atoms with Crippen LogP contribution in [0.3, 0.4) is 0 Å². The monoisotopic (exact) mass is 434 g/mol. The Labute approximate surface area is 180 Å². The number of carbonyl (C=O) groups excluding carboxylic acids is 1. The van der Waals surface area contributed by atoms with E-state index in [-0.39, 0.29) is 12.8 Å². The van der Waals surface area contributed by atoms with Crippen LogP contribution in [0.25, 0.3) is 0 Å². The van der Waals surface area contributed by atoms with Crippen molar-refractivity contribution in [2.75, 3.05) is 7.11 Å². The summed E-state index contributed by atoms with van der Waals surface area (Å²) in [7, 11) is -3.32. The lowest BCUT2D eigenvalue weighted by atomic mass is 9.94. The maximum absolute atomic E-state index is 12.2. The molecule has 0 fully saturated rings. The van der Waals surface area contributed by atoms with Gasteiger partial charge in [0.1, 0.15) is 0 Å². The van der Waals surface area contributed by atoms with E-state index >= 15 is 0 Å². The Morgan fingerprint density at radius 3 is 1.38 bits per heavy atom. The molecule has 0 aromatic rings. The smallest absolute Gasteiger partial charge is 0.329 e. The van der Waals surface area contributed by atoms with Crippen molar-refractivity contribution >= 4 is 16.1 Å². The Morgan fingerprint density at radius 1 is 0.690 bits per heavy atom. The zero-order valence-electron chi connectivity index (χ0n) is 19.2. The van der Waals surface area contributed by atoms with E-state index in [0.717, 1.165) is 25.7 Å². The van der Waals surface area contributed by atoms with Crippen LogP contribution in [0.4, 0.5) is 0 Å². The van der Waals surface area contributed by atoms with Gasteiger partial charge in [-0.15, -0.1) is 0 Å². The highest BCUT2D eigenvalue weighted by molar-refractivity contribution is 7.88. The van der Waals surface area contributed by atoms with Gasteiger partial charge in [-0.2, -0.15) is 8.42 Å². The Bertz CT molecular complexity index is 503. The molecule has 0 rings (SSSR count). The first-order chi connectivity index (χ1) is 13.9. The normalized spacial score (nSPS) is 13.9. The molecule has 0 radical (unpaired) electrons. The SMILES string of the molecule is CCCCCCCCCCCCCCCCC(CCCC)(C(=O)OC)S(=O)(=O)O.